The van der Waals surface area contributed by atoms with E-state index in [4.69, 9.17) is 0 Å². The molecule has 0 atom stereocenters. The number of thioether (sulfide) groups is 1. The summed E-state index contributed by atoms with van der Waals surface area (Å²) in [5, 5.41) is 6.62. The zero-order chi connectivity index (χ0) is 12.4. The Hall–Kier alpha value is 0.350. The van der Waals surface area contributed by atoms with Gasteiger partial charge in [0.1, 0.15) is 0 Å². The smallest absolute Gasteiger partial charge is 0.191 e. The molecule has 3 nitrogen and oxygen atoms in total. The van der Waals surface area contributed by atoms with Gasteiger partial charge in [0.15, 0.2) is 5.96 Å². The van der Waals surface area contributed by atoms with Crippen LogP contribution in [0.2, 0.25) is 0 Å². The van der Waals surface area contributed by atoms with E-state index in [-0.39, 0.29) is 28.7 Å². The highest BCUT2D eigenvalue weighted by Gasteiger charge is 2.15. The van der Waals surface area contributed by atoms with Gasteiger partial charge >= 0.3 is 0 Å². The fraction of sp³-hybridized carbons (Fsp3) is 0.917. The summed E-state index contributed by atoms with van der Waals surface area (Å²) in [6.45, 7) is 11.5. The second-order valence-electron chi connectivity index (χ2n) is 4.44. The van der Waals surface area contributed by atoms with Gasteiger partial charge in [0.2, 0.25) is 0 Å². The van der Waals surface area contributed by atoms with Crippen molar-refractivity contribution in [2.45, 2.75) is 45.3 Å². The summed E-state index contributed by atoms with van der Waals surface area (Å²) in [6, 6.07) is 0. The summed E-state index contributed by atoms with van der Waals surface area (Å²) >= 11 is 1.85. The number of nitrogens with one attached hydrogen (secondary N) is 2. The van der Waals surface area contributed by atoms with Crippen molar-refractivity contribution in [3.05, 3.63) is 0 Å². The van der Waals surface area contributed by atoms with Gasteiger partial charge in [-0.15, -0.1) is 24.0 Å². The number of unbranched alkanes of at least 4 members (excludes halogenated alkanes) is 1. The molecule has 0 radical (unpaired) electrons. The molecule has 0 aliphatic carbocycles. The molecule has 0 unspecified atom stereocenters. The summed E-state index contributed by atoms with van der Waals surface area (Å²) in [4.78, 5) is 4.60. The van der Waals surface area contributed by atoms with Crippen molar-refractivity contribution >= 4 is 41.7 Å². The third-order valence-corrected chi connectivity index (χ3v) is 3.57. The first-order valence-electron chi connectivity index (χ1n) is 6.13. The van der Waals surface area contributed by atoms with Gasteiger partial charge in [-0.25, -0.2) is 0 Å². The van der Waals surface area contributed by atoms with Crippen molar-refractivity contribution in [1.29, 1.82) is 0 Å². The largest absolute Gasteiger partial charge is 0.357 e. The Morgan fingerprint density at radius 3 is 2.35 bits per heavy atom. The maximum Gasteiger partial charge on any atom is 0.191 e. The number of rotatable bonds is 7. The Morgan fingerprint density at radius 1 is 1.24 bits per heavy atom. The molecule has 0 bridgehead atoms. The Morgan fingerprint density at radius 2 is 1.88 bits per heavy atom. The van der Waals surface area contributed by atoms with E-state index in [1.54, 1.807) is 0 Å². The lowest BCUT2D eigenvalue weighted by Crippen LogP contribution is -2.38. The Labute approximate surface area is 128 Å². The van der Waals surface area contributed by atoms with Gasteiger partial charge in [-0.3, -0.25) is 4.99 Å². The van der Waals surface area contributed by atoms with Crippen LogP contribution in [-0.4, -0.2) is 36.6 Å². The second kappa shape index (κ2) is 11.4. The number of aliphatic imine (C=N–C) groups is 1. The monoisotopic (exact) mass is 373 g/mol. The van der Waals surface area contributed by atoms with Crippen LogP contribution in [-0.2, 0) is 0 Å². The molecule has 0 aromatic heterocycles. The highest BCUT2D eigenvalue weighted by molar-refractivity contribution is 14.0. The molecule has 0 aromatic carbocycles. The van der Waals surface area contributed by atoms with Gasteiger partial charge in [-0.05, 0) is 33.4 Å². The van der Waals surface area contributed by atoms with Crippen LogP contribution in [0, 0.1) is 0 Å². The van der Waals surface area contributed by atoms with E-state index in [0.717, 1.165) is 25.6 Å². The predicted octanol–water partition coefficient (Wildman–Crippen LogP) is 3.10. The lowest BCUT2D eigenvalue weighted by atomic mass is 10.2. The molecular weight excluding hydrogens is 345 g/mol. The first-order chi connectivity index (χ1) is 7.55. The molecule has 0 aliphatic heterocycles. The van der Waals surface area contributed by atoms with Crippen molar-refractivity contribution in [3.63, 3.8) is 0 Å². The van der Waals surface area contributed by atoms with E-state index in [1.165, 1.54) is 12.8 Å². The topological polar surface area (TPSA) is 36.4 Å². The molecule has 0 saturated carbocycles. The van der Waals surface area contributed by atoms with E-state index in [9.17, 15) is 0 Å². The summed E-state index contributed by atoms with van der Waals surface area (Å²) in [6.07, 6.45) is 4.53. The average Bonchev–Trinajstić information content (AvgIpc) is 2.26. The van der Waals surface area contributed by atoms with Crippen LogP contribution >= 0.6 is 35.7 Å². The summed E-state index contributed by atoms with van der Waals surface area (Å²) < 4.78 is 0.215. The number of halogens is 1. The molecule has 104 valence electrons. The number of guanidine groups is 1. The Kier molecular flexibility index (Phi) is 13.2. The maximum absolute atomic E-state index is 4.60. The SMILES string of the molecule is CCCCNC(=NCC(C)(C)SC)NCC.I. The molecule has 0 aliphatic rings. The molecular formula is C12H28IN3S. The van der Waals surface area contributed by atoms with Gasteiger partial charge in [0.25, 0.3) is 0 Å². The maximum atomic E-state index is 4.60. The van der Waals surface area contributed by atoms with Crippen LogP contribution in [0.1, 0.15) is 40.5 Å². The normalized spacial score (nSPS) is 11.9. The summed E-state index contributed by atoms with van der Waals surface area (Å²) in [7, 11) is 0. The lowest BCUT2D eigenvalue weighted by Gasteiger charge is -2.20. The quantitative estimate of drug-likeness (QED) is 0.312. The minimum absolute atomic E-state index is 0. The highest BCUT2D eigenvalue weighted by atomic mass is 127. The molecule has 0 fully saturated rings. The Bertz CT molecular complexity index is 208. The van der Waals surface area contributed by atoms with Crippen molar-refractivity contribution in [2.24, 2.45) is 4.99 Å². The van der Waals surface area contributed by atoms with Crippen LogP contribution in [0.3, 0.4) is 0 Å². The first kappa shape index (κ1) is 19.7. The minimum Gasteiger partial charge on any atom is -0.357 e. The molecule has 0 saturated heterocycles. The van der Waals surface area contributed by atoms with Crippen LogP contribution in [0.4, 0.5) is 0 Å². The van der Waals surface area contributed by atoms with Gasteiger partial charge in [0, 0.05) is 17.8 Å². The standard InChI is InChI=1S/C12H27N3S.HI/c1-6-8-9-14-11(13-7-2)15-10-12(3,4)16-5;/h6-10H2,1-5H3,(H2,13,14,15);1H. The fourth-order valence-electron chi connectivity index (χ4n) is 1.06. The number of hydrogen-bond acceptors (Lipinski definition) is 2. The third-order valence-electron chi connectivity index (χ3n) is 2.34. The summed E-state index contributed by atoms with van der Waals surface area (Å²) in [5.74, 6) is 0.943. The molecule has 2 N–H and O–H groups in total. The molecule has 0 amide bonds. The highest BCUT2D eigenvalue weighted by Crippen LogP contribution is 2.20. The zero-order valence-corrected chi connectivity index (χ0v) is 14.9. The van der Waals surface area contributed by atoms with Crippen LogP contribution in [0.5, 0.6) is 0 Å². The third kappa shape index (κ3) is 11.2. The van der Waals surface area contributed by atoms with E-state index in [2.05, 4.69) is 49.6 Å². The fourth-order valence-corrected chi connectivity index (χ4v) is 1.25. The lowest BCUT2D eigenvalue weighted by molar-refractivity contribution is 0.698. The number of hydrogen-bond donors (Lipinski definition) is 2. The van der Waals surface area contributed by atoms with Gasteiger partial charge in [-0.1, -0.05) is 13.3 Å². The minimum atomic E-state index is 0. The van der Waals surface area contributed by atoms with Crippen molar-refractivity contribution in [2.75, 3.05) is 25.9 Å². The van der Waals surface area contributed by atoms with Gasteiger partial charge in [0.05, 0.1) is 6.54 Å². The van der Waals surface area contributed by atoms with Crippen LogP contribution in [0.15, 0.2) is 4.99 Å². The van der Waals surface area contributed by atoms with E-state index in [1.807, 2.05) is 11.8 Å². The predicted molar refractivity (Wildman–Crippen MR) is 91.9 cm³/mol. The molecule has 5 heteroatoms. The van der Waals surface area contributed by atoms with Crippen LogP contribution < -0.4 is 10.6 Å². The van der Waals surface area contributed by atoms with Crippen molar-refractivity contribution in [3.8, 4) is 0 Å². The van der Waals surface area contributed by atoms with Crippen molar-refractivity contribution in [1.82, 2.24) is 10.6 Å². The molecule has 0 heterocycles. The summed E-state index contributed by atoms with van der Waals surface area (Å²) in [5.41, 5.74) is 0. The zero-order valence-electron chi connectivity index (χ0n) is 11.8. The second-order valence-corrected chi connectivity index (χ2v) is 5.95. The molecule has 0 rings (SSSR count). The van der Waals surface area contributed by atoms with Gasteiger partial charge in [-0.2, -0.15) is 11.8 Å². The van der Waals surface area contributed by atoms with Gasteiger partial charge < -0.3 is 10.6 Å². The first-order valence-corrected chi connectivity index (χ1v) is 7.35. The molecule has 0 spiro atoms. The molecule has 17 heavy (non-hydrogen) atoms. The van der Waals surface area contributed by atoms with E-state index < -0.39 is 0 Å². The van der Waals surface area contributed by atoms with E-state index >= 15 is 0 Å². The Balaban J connectivity index is 0. The average molecular weight is 373 g/mol. The van der Waals surface area contributed by atoms with Crippen molar-refractivity contribution < 1.29 is 0 Å². The van der Waals surface area contributed by atoms with E-state index in [0.29, 0.717) is 0 Å². The van der Waals surface area contributed by atoms with Crippen LogP contribution in [0.25, 0.3) is 0 Å². The molecule has 0 aromatic rings. The number of nitrogens with zero attached hydrogens (tertiary/aromatic N) is 1.